The molecular weight excluding hydrogens is 276 g/mol. The van der Waals surface area contributed by atoms with Crippen molar-refractivity contribution in [1.82, 2.24) is 18.8 Å². The van der Waals surface area contributed by atoms with Crippen molar-refractivity contribution in [2.75, 3.05) is 32.4 Å². The van der Waals surface area contributed by atoms with Crippen LogP contribution in [0.2, 0.25) is 0 Å². The highest BCUT2D eigenvalue weighted by Gasteiger charge is 2.33. The summed E-state index contributed by atoms with van der Waals surface area (Å²) in [6.07, 6.45) is 5.28. The molecule has 1 aliphatic rings. The van der Waals surface area contributed by atoms with E-state index < -0.39 is 10.0 Å². The largest absolute Gasteiger partial charge is 0.337 e. The van der Waals surface area contributed by atoms with E-state index >= 15 is 0 Å². The average molecular weight is 300 g/mol. The molecule has 6 nitrogen and oxygen atoms in total. The third kappa shape index (κ3) is 3.21. The molecule has 0 saturated carbocycles. The van der Waals surface area contributed by atoms with E-state index in [1.54, 1.807) is 10.5 Å². The number of likely N-dealkylation sites (N-methyl/N-ethyl adjacent to an activating group) is 1. The van der Waals surface area contributed by atoms with E-state index in [1.807, 2.05) is 31.8 Å². The topological polar surface area (TPSA) is 58.4 Å². The minimum Gasteiger partial charge on any atom is -0.337 e. The van der Waals surface area contributed by atoms with Crippen LogP contribution in [0, 0.1) is 0 Å². The van der Waals surface area contributed by atoms with Crippen LogP contribution in [-0.2, 0) is 17.1 Å². The molecule has 1 aromatic rings. The first-order valence-corrected chi connectivity index (χ1v) is 8.72. The second-order valence-corrected chi connectivity index (χ2v) is 7.51. The zero-order chi connectivity index (χ0) is 14.8. The highest BCUT2D eigenvalue weighted by Crippen LogP contribution is 2.24. The fraction of sp³-hybridized carbons (Fsp3) is 0.769. The molecule has 1 aromatic heterocycles. The fourth-order valence-corrected chi connectivity index (χ4v) is 4.17. The van der Waals surface area contributed by atoms with Gasteiger partial charge in [-0.05, 0) is 13.5 Å². The molecule has 7 heteroatoms. The van der Waals surface area contributed by atoms with Gasteiger partial charge in [-0.1, -0.05) is 13.3 Å². The molecule has 0 amide bonds. The molecule has 114 valence electrons. The van der Waals surface area contributed by atoms with Gasteiger partial charge in [-0.2, -0.15) is 4.31 Å². The smallest absolute Gasteiger partial charge is 0.214 e. The maximum Gasteiger partial charge on any atom is 0.214 e. The summed E-state index contributed by atoms with van der Waals surface area (Å²) in [6, 6.07) is 0.0279. The normalized spacial score (nSPS) is 22.2. The van der Waals surface area contributed by atoms with Crippen molar-refractivity contribution in [1.29, 1.82) is 0 Å². The summed E-state index contributed by atoms with van der Waals surface area (Å²) in [5.74, 6) is 1.17. The highest BCUT2D eigenvalue weighted by molar-refractivity contribution is 7.89. The lowest BCUT2D eigenvalue weighted by Crippen LogP contribution is -2.50. The lowest BCUT2D eigenvalue weighted by Gasteiger charge is -2.38. The third-order valence-corrected chi connectivity index (χ3v) is 5.84. The van der Waals surface area contributed by atoms with Crippen LogP contribution >= 0.6 is 0 Å². The molecule has 2 rings (SSSR count). The predicted octanol–water partition coefficient (Wildman–Crippen LogP) is 0.838. The average Bonchev–Trinajstić information content (AvgIpc) is 2.83. The molecule has 1 saturated heterocycles. The molecule has 20 heavy (non-hydrogen) atoms. The maximum atomic E-state index is 12.3. The van der Waals surface area contributed by atoms with Crippen LogP contribution in [0.1, 0.15) is 31.6 Å². The van der Waals surface area contributed by atoms with Gasteiger partial charge in [0.1, 0.15) is 5.82 Å². The van der Waals surface area contributed by atoms with Gasteiger partial charge < -0.3 is 4.57 Å². The third-order valence-electron chi connectivity index (χ3n) is 3.92. The lowest BCUT2D eigenvalue weighted by atomic mass is 10.2. The summed E-state index contributed by atoms with van der Waals surface area (Å²) < 4.78 is 28.3. The van der Waals surface area contributed by atoms with E-state index in [0.29, 0.717) is 13.1 Å². The van der Waals surface area contributed by atoms with E-state index in [-0.39, 0.29) is 11.8 Å². The second kappa shape index (κ2) is 6.24. The van der Waals surface area contributed by atoms with Crippen molar-refractivity contribution in [3.05, 3.63) is 18.2 Å². The molecule has 1 unspecified atom stereocenters. The number of hydrogen-bond acceptors (Lipinski definition) is 4. The zero-order valence-corrected chi connectivity index (χ0v) is 13.3. The van der Waals surface area contributed by atoms with Gasteiger partial charge in [0.25, 0.3) is 0 Å². The molecule has 1 fully saturated rings. The van der Waals surface area contributed by atoms with E-state index in [4.69, 9.17) is 0 Å². The van der Waals surface area contributed by atoms with Crippen molar-refractivity contribution in [2.24, 2.45) is 7.05 Å². The minimum atomic E-state index is -3.14. The van der Waals surface area contributed by atoms with Gasteiger partial charge in [0.05, 0.1) is 11.8 Å². The van der Waals surface area contributed by atoms with Crippen molar-refractivity contribution >= 4 is 10.0 Å². The van der Waals surface area contributed by atoms with Crippen LogP contribution in [0.5, 0.6) is 0 Å². The Morgan fingerprint density at radius 2 is 2.10 bits per heavy atom. The van der Waals surface area contributed by atoms with Gasteiger partial charge in [-0.15, -0.1) is 0 Å². The molecule has 2 heterocycles. The van der Waals surface area contributed by atoms with E-state index in [9.17, 15) is 8.42 Å². The summed E-state index contributed by atoms with van der Waals surface area (Å²) >= 11 is 0. The van der Waals surface area contributed by atoms with E-state index in [1.165, 1.54) is 0 Å². The summed E-state index contributed by atoms with van der Waals surface area (Å²) in [6.45, 7) is 3.82. The van der Waals surface area contributed by atoms with Crippen molar-refractivity contribution < 1.29 is 8.42 Å². The highest BCUT2D eigenvalue weighted by atomic mass is 32.2. The standard InChI is InChI=1S/C13H24N4O2S/c1-4-5-10-20(18,19)17-9-8-15(2)12(11-17)13-14-6-7-16(13)3/h6-7,12H,4-5,8-11H2,1-3H3. The Kier molecular flexibility index (Phi) is 4.82. The van der Waals surface area contributed by atoms with Gasteiger partial charge in [-0.25, -0.2) is 13.4 Å². The zero-order valence-electron chi connectivity index (χ0n) is 12.5. The summed E-state index contributed by atoms with van der Waals surface area (Å²) in [5.41, 5.74) is 0. The SMILES string of the molecule is CCCCS(=O)(=O)N1CCN(C)C(c2nccn2C)C1. The number of rotatable bonds is 5. The Balaban J connectivity index is 2.14. The Hall–Kier alpha value is -0.920. The maximum absolute atomic E-state index is 12.3. The number of aryl methyl sites for hydroxylation is 1. The van der Waals surface area contributed by atoms with Crippen LogP contribution < -0.4 is 0 Å². The van der Waals surface area contributed by atoms with Crippen LogP contribution in [0.25, 0.3) is 0 Å². The summed E-state index contributed by atoms with van der Waals surface area (Å²) in [5, 5.41) is 0. The Morgan fingerprint density at radius 1 is 1.35 bits per heavy atom. The number of unbranched alkanes of at least 4 members (excludes halogenated alkanes) is 1. The first kappa shape index (κ1) is 15.5. The molecule has 1 atom stereocenters. The summed E-state index contributed by atoms with van der Waals surface area (Å²) in [4.78, 5) is 6.54. The molecule has 0 radical (unpaired) electrons. The van der Waals surface area contributed by atoms with Crippen LogP contribution in [0.4, 0.5) is 0 Å². The Morgan fingerprint density at radius 3 is 2.70 bits per heavy atom. The number of aromatic nitrogens is 2. The monoisotopic (exact) mass is 300 g/mol. The van der Waals surface area contributed by atoms with E-state index in [2.05, 4.69) is 9.88 Å². The molecule has 1 aliphatic heterocycles. The van der Waals surface area contributed by atoms with Crippen molar-refractivity contribution in [3.8, 4) is 0 Å². The first-order chi connectivity index (χ1) is 9.45. The molecule has 0 aromatic carbocycles. The van der Waals surface area contributed by atoms with Crippen molar-refractivity contribution in [3.63, 3.8) is 0 Å². The fourth-order valence-electron chi connectivity index (χ4n) is 2.53. The van der Waals surface area contributed by atoms with Gasteiger partial charge >= 0.3 is 0 Å². The number of hydrogen-bond donors (Lipinski definition) is 0. The minimum absolute atomic E-state index is 0.0279. The molecule has 0 bridgehead atoms. The van der Waals surface area contributed by atoms with Gasteiger partial charge in [0.15, 0.2) is 0 Å². The number of sulfonamides is 1. The second-order valence-electron chi connectivity index (χ2n) is 5.42. The number of nitrogens with zero attached hydrogens (tertiary/aromatic N) is 4. The predicted molar refractivity (Wildman–Crippen MR) is 78.8 cm³/mol. The van der Waals surface area contributed by atoms with Crippen LogP contribution in [-0.4, -0.2) is 59.6 Å². The van der Waals surface area contributed by atoms with E-state index in [0.717, 1.165) is 25.2 Å². The number of imidazole rings is 1. The molecule has 0 aliphatic carbocycles. The first-order valence-electron chi connectivity index (χ1n) is 7.11. The van der Waals surface area contributed by atoms with Crippen LogP contribution in [0.3, 0.4) is 0 Å². The Labute approximate surface area is 121 Å². The molecule has 0 N–H and O–H groups in total. The Bertz CT molecular complexity index is 540. The van der Waals surface area contributed by atoms with Crippen LogP contribution in [0.15, 0.2) is 12.4 Å². The molecule has 0 spiro atoms. The lowest BCUT2D eigenvalue weighted by molar-refractivity contribution is 0.140. The quantitative estimate of drug-likeness (QED) is 0.808. The van der Waals surface area contributed by atoms with Crippen molar-refractivity contribution in [2.45, 2.75) is 25.8 Å². The van der Waals surface area contributed by atoms with Gasteiger partial charge in [0.2, 0.25) is 10.0 Å². The van der Waals surface area contributed by atoms with Gasteiger partial charge in [0, 0.05) is 39.1 Å². The summed E-state index contributed by atoms with van der Waals surface area (Å²) in [7, 11) is 0.832. The van der Waals surface area contributed by atoms with Gasteiger partial charge in [-0.3, -0.25) is 4.90 Å². The molecular formula is C13H24N4O2S. The number of piperazine rings is 1.